The van der Waals surface area contributed by atoms with Crippen LogP contribution in [0.1, 0.15) is 61.8 Å². The zero-order valence-electron chi connectivity index (χ0n) is 21.9. The summed E-state index contributed by atoms with van der Waals surface area (Å²) in [7, 11) is -2.55. The minimum absolute atomic E-state index is 0.0304. The van der Waals surface area contributed by atoms with E-state index in [1.54, 1.807) is 0 Å². The second-order valence-electron chi connectivity index (χ2n) is 11.3. The Morgan fingerprint density at radius 2 is 1.40 bits per heavy atom. The molecule has 0 spiro atoms. The molecule has 3 atom stereocenters. The first-order valence-corrected chi connectivity index (χ1v) is 16.9. The first kappa shape index (κ1) is 29.3. The summed E-state index contributed by atoms with van der Waals surface area (Å²) in [6.07, 6.45) is 8.18. The van der Waals surface area contributed by atoms with Crippen LogP contribution in [0.5, 0.6) is 0 Å². The molecule has 0 fully saturated rings. The average Bonchev–Trinajstić information content (AvgIpc) is 2.57. The molecule has 6 heteroatoms. The summed E-state index contributed by atoms with van der Waals surface area (Å²) in [5, 5.41) is 0.237. The molecule has 0 aromatic rings. The fourth-order valence-electron chi connectivity index (χ4n) is 2.53. The number of rotatable bonds is 10. The van der Waals surface area contributed by atoms with Crippen LogP contribution in [-0.4, -0.2) is 41.9 Å². The number of esters is 1. The van der Waals surface area contributed by atoms with Crippen molar-refractivity contribution in [2.75, 3.05) is 7.11 Å². The predicted molar refractivity (Wildman–Crippen MR) is 134 cm³/mol. The van der Waals surface area contributed by atoms with Crippen molar-refractivity contribution < 1.29 is 18.4 Å². The first-order valence-electron chi connectivity index (χ1n) is 11.1. The third-order valence-electron chi connectivity index (χ3n) is 6.80. The van der Waals surface area contributed by atoms with Crippen LogP contribution in [0.15, 0.2) is 24.3 Å². The normalized spacial score (nSPS) is 17.4. The van der Waals surface area contributed by atoms with Crippen LogP contribution in [0.3, 0.4) is 0 Å². The molecular formula is C24H48O4Si2. The molecule has 0 aromatic carbocycles. The molecule has 0 heterocycles. The number of hydrogen-bond acceptors (Lipinski definition) is 4. The van der Waals surface area contributed by atoms with E-state index in [-0.39, 0.29) is 34.2 Å². The second-order valence-corrected chi connectivity index (χ2v) is 20.8. The molecule has 0 aliphatic rings. The molecule has 0 aromatic heterocycles. The van der Waals surface area contributed by atoms with Gasteiger partial charge in [0.2, 0.25) is 0 Å². The maximum atomic E-state index is 11.6. The lowest BCUT2D eigenvalue weighted by Gasteiger charge is -2.44. The summed E-state index contributed by atoms with van der Waals surface area (Å²) in [5.74, 6) is -0.192. The quantitative estimate of drug-likeness (QED) is 0.152. The van der Waals surface area contributed by atoms with Crippen molar-refractivity contribution in [2.24, 2.45) is 5.92 Å². The summed E-state index contributed by atoms with van der Waals surface area (Å²) in [6, 6.07) is 0. The monoisotopic (exact) mass is 456 g/mol. The molecule has 0 aliphatic carbocycles. The molecule has 0 saturated carbocycles. The Hall–Kier alpha value is -0.696. The predicted octanol–water partition coefficient (Wildman–Crippen LogP) is 7.10. The zero-order chi connectivity index (χ0) is 24.0. The van der Waals surface area contributed by atoms with Crippen molar-refractivity contribution in [1.82, 2.24) is 0 Å². The maximum Gasteiger partial charge on any atom is 0.330 e. The Labute approximate surface area is 188 Å². The standard InChI is InChI=1S/C24H48O4Si2/c1-14-16-20(27-29(10,11)23(3,4)5)19(2)21(17-15-18-22(25)26-9)28-30(12,13)24(6,7)8/h14-16,18-21H,17H2,1-13H3/b16-14+,18-15+/t19-,20+,21-/m1/s1. The van der Waals surface area contributed by atoms with Gasteiger partial charge < -0.3 is 13.6 Å². The van der Waals surface area contributed by atoms with Crippen LogP contribution >= 0.6 is 0 Å². The molecule has 30 heavy (non-hydrogen) atoms. The highest BCUT2D eigenvalue weighted by atomic mass is 28.4. The van der Waals surface area contributed by atoms with Crippen molar-refractivity contribution in [1.29, 1.82) is 0 Å². The van der Waals surface area contributed by atoms with E-state index in [1.165, 1.54) is 13.2 Å². The molecule has 4 nitrogen and oxygen atoms in total. The minimum Gasteiger partial charge on any atom is -0.466 e. The number of ether oxygens (including phenoxy) is 1. The maximum absolute atomic E-state index is 11.6. The van der Waals surface area contributed by atoms with Crippen molar-refractivity contribution >= 4 is 22.6 Å². The highest BCUT2D eigenvalue weighted by Gasteiger charge is 2.43. The molecule has 0 radical (unpaired) electrons. The lowest BCUT2D eigenvalue weighted by molar-refractivity contribution is -0.134. The Bertz CT molecular complexity index is 595. The number of methoxy groups -OCH3 is 1. The summed E-state index contributed by atoms with van der Waals surface area (Å²) in [4.78, 5) is 11.6. The Balaban J connectivity index is 5.89. The van der Waals surface area contributed by atoms with Gasteiger partial charge in [0.1, 0.15) is 0 Å². The third-order valence-corrected chi connectivity index (χ3v) is 15.8. The highest BCUT2D eigenvalue weighted by molar-refractivity contribution is 6.74. The van der Waals surface area contributed by atoms with Crippen molar-refractivity contribution in [2.45, 2.75) is 110 Å². The SMILES string of the molecule is C/C=C/[C@H](O[Si](C)(C)C(C)(C)C)[C@@H](C)[C@@H](C/C=C/C(=O)OC)O[Si](C)(C)C(C)(C)C. The van der Waals surface area contributed by atoms with Crippen molar-refractivity contribution in [3.8, 4) is 0 Å². The van der Waals surface area contributed by atoms with Crippen LogP contribution in [0.25, 0.3) is 0 Å². The van der Waals surface area contributed by atoms with Crippen LogP contribution in [0.2, 0.25) is 36.3 Å². The van der Waals surface area contributed by atoms with Gasteiger partial charge in [-0.1, -0.05) is 66.7 Å². The topological polar surface area (TPSA) is 44.8 Å². The van der Waals surface area contributed by atoms with Crippen LogP contribution in [0.4, 0.5) is 0 Å². The molecule has 0 amide bonds. The lowest BCUT2D eigenvalue weighted by atomic mass is 9.95. The molecule has 0 bridgehead atoms. The van der Waals surface area contributed by atoms with Gasteiger partial charge in [0.25, 0.3) is 0 Å². The molecule has 0 unspecified atom stereocenters. The van der Waals surface area contributed by atoms with Gasteiger partial charge in [0.15, 0.2) is 16.6 Å². The van der Waals surface area contributed by atoms with Gasteiger partial charge in [0.05, 0.1) is 19.3 Å². The van der Waals surface area contributed by atoms with E-state index in [2.05, 4.69) is 86.8 Å². The van der Waals surface area contributed by atoms with E-state index in [0.29, 0.717) is 6.42 Å². The molecule has 0 rings (SSSR count). The first-order chi connectivity index (χ1) is 13.4. The summed E-state index contributed by atoms with van der Waals surface area (Å²) in [5.41, 5.74) is 0. The van der Waals surface area contributed by atoms with E-state index in [1.807, 2.05) is 13.0 Å². The fraction of sp³-hybridized carbons (Fsp3) is 0.792. The third kappa shape index (κ3) is 8.81. The van der Waals surface area contributed by atoms with Crippen molar-refractivity contribution in [3.05, 3.63) is 24.3 Å². The molecule has 0 aliphatic heterocycles. The number of allylic oxidation sites excluding steroid dienone is 1. The van der Waals surface area contributed by atoms with Gasteiger partial charge in [-0.15, -0.1) is 0 Å². The number of hydrogen-bond donors (Lipinski definition) is 0. The Morgan fingerprint density at radius 1 is 0.933 bits per heavy atom. The van der Waals surface area contributed by atoms with Crippen LogP contribution in [-0.2, 0) is 18.4 Å². The Kier molecular flexibility index (Phi) is 11.0. The summed E-state index contributed by atoms with van der Waals surface area (Å²) < 4.78 is 18.4. The molecular weight excluding hydrogens is 408 g/mol. The Morgan fingerprint density at radius 3 is 1.80 bits per heavy atom. The van der Waals surface area contributed by atoms with E-state index < -0.39 is 16.6 Å². The van der Waals surface area contributed by atoms with Gasteiger partial charge in [-0.05, 0) is 49.6 Å². The zero-order valence-corrected chi connectivity index (χ0v) is 23.9. The molecule has 176 valence electrons. The van der Waals surface area contributed by atoms with Crippen LogP contribution in [0, 0.1) is 5.92 Å². The van der Waals surface area contributed by atoms with E-state index in [9.17, 15) is 4.79 Å². The van der Waals surface area contributed by atoms with Gasteiger partial charge in [0, 0.05) is 12.0 Å². The van der Waals surface area contributed by atoms with Gasteiger partial charge in [-0.25, -0.2) is 4.79 Å². The molecule has 0 N–H and O–H groups in total. The fourth-order valence-corrected chi connectivity index (χ4v) is 5.28. The van der Waals surface area contributed by atoms with Crippen molar-refractivity contribution in [3.63, 3.8) is 0 Å². The minimum atomic E-state index is -2.00. The van der Waals surface area contributed by atoms with Gasteiger partial charge in [-0.3, -0.25) is 0 Å². The van der Waals surface area contributed by atoms with E-state index in [0.717, 1.165) is 0 Å². The van der Waals surface area contributed by atoms with E-state index >= 15 is 0 Å². The van der Waals surface area contributed by atoms with Crippen LogP contribution < -0.4 is 0 Å². The van der Waals surface area contributed by atoms with Gasteiger partial charge >= 0.3 is 5.97 Å². The molecule has 0 saturated heterocycles. The second kappa shape index (κ2) is 11.3. The average molecular weight is 457 g/mol. The smallest absolute Gasteiger partial charge is 0.330 e. The highest BCUT2D eigenvalue weighted by Crippen LogP contribution is 2.41. The summed E-state index contributed by atoms with van der Waals surface area (Å²) >= 11 is 0. The van der Waals surface area contributed by atoms with Gasteiger partial charge in [-0.2, -0.15) is 0 Å². The summed E-state index contributed by atoms with van der Waals surface area (Å²) in [6.45, 7) is 26.9. The lowest BCUT2D eigenvalue weighted by Crippen LogP contribution is -2.50. The largest absolute Gasteiger partial charge is 0.466 e. The number of carbonyl (C=O) groups excluding carboxylic acids is 1. The van der Waals surface area contributed by atoms with E-state index in [4.69, 9.17) is 13.6 Å². The number of carbonyl (C=O) groups is 1.